The van der Waals surface area contributed by atoms with Crippen LogP contribution >= 0.6 is 11.8 Å². The Kier molecular flexibility index (Phi) is 4.89. The third-order valence-corrected chi connectivity index (χ3v) is 5.38. The van der Waals surface area contributed by atoms with Crippen LogP contribution in [0.4, 0.5) is 0 Å². The van der Waals surface area contributed by atoms with Crippen LogP contribution in [0.5, 0.6) is 0 Å². The van der Waals surface area contributed by atoms with Crippen molar-refractivity contribution in [2.24, 2.45) is 5.92 Å². The average Bonchev–Trinajstić information content (AvgIpc) is 3.35. The lowest BCUT2D eigenvalue weighted by Crippen LogP contribution is -2.41. The first-order valence-corrected chi connectivity index (χ1v) is 8.98. The number of rotatable bonds is 5. The van der Waals surface area contributed by atoms with Gasteiger partial charge in [0.1, 0.15) is 5.82 Å². The molecule has 0 spiro atoms. The minimum Gasteiger partial charge on any atom is -0.469 e. The van der Waals surface area contributed by atoms with Crippen LogP contribution in [0, 0.1) is 12.8 Å². The minimum absolute atomic E-state index is 0.0719. The lowest BCUT2D eigenvalue weighted by molar-refractivity contribution is -0.148. The first-order chi connectivity index (χ1) is 11.1. The molecule has 0 bridgehead atoms. The molecule has 1 aromatic rings. The Morgan fingerprint density at radius 1 is 1.22 bits per heavy atom. The number of ether oxygens (including phenoxy) is 1. The molecule has 1 amide bonds. The van der Waals surface area contributed by atoms with Gasteiger partial charge in [-0.2, -0.15) is 0 Å². The maximum Gasteiger partial charge on any atom is 0.308 e. The summed E-state index contributed by atoms with van der Waals surface area (Å²) < 4.78 is 6.91. The summed E-state index contributed by atoms with van der Waals surface area (Å²) in [5.74, 6) is 1.15. The summed E-state index contributed by atoms with van der Waals surface area (Å²) >= 11 is 1.46. The molecule has 2 fully saturated rings. The van der Waals surface area contributed by atoms with Gasteiger partial charge in [0.25, 0.3) is 0 Å². The molecule has 2 aliphatic rings. The van der Waals surface area contributed by atoms with E-state index in [9.17, 15) is 9.59 Å². The van der Waals surface area contributed by atoms with Crippen LogP contribution in [0.15, 0.2) is 5.16 Å². The van der Waals surface area contributed by atoms with E-state index in [1.165, 1.54) is 31.7 Å². The fraction of sp³-hybridized carbons (Fsp3) is 0.733. The molecule has 3 rings (SSSR count). The SMILES string of the molecule is COC(=O)C1CCN(C(=O)CSc2nnc(C)n2C2CC2)CC1. The number of likely N-dealkylation sites (tertiary alicyclic amines) is 1. The molecule has 2 heterocycles. The largest absolute Gasteiger partial charge is 0.469 e. The van der Waals surface area contributed by atoms with Crippen LogP contribution in [-0.4, -0.2) is 57.5 Å². The molecule has 0 N–H and O–H groups in total. The van der Waals surface area contributed by atoms with Gasteiger partial charge in [0, 0.05) is 19.1 Å². The zero-order valence-electron chi connectivity index (χ0n) is 13.5. The quantitative estimate of drug-likeness (QED) is 0.597. The Hall–Kier alpha value is -1.57. The van der Waals surface area contributed by atoms with Crippen molar-refractivity contribution in [3.63, 3.8) is 0 Å². The van der Waals surface area contributed by atoms with Gasteiger partial charge in [-0.3, -0.25) is 9.59 Å². The van der Waals surface area contributed by atoms with E-state index in [0.717, 1.165) is 11.0 Å². The van der Waals surface area contributed by atoms with E-state index in [-0.39, 0.29) is 17.8 Å². The highest BCUT2D eigenvalue weighted by atomic mass is 32.2. The number of nitrogens with zero attached hydrogens (tertiary/aromatic N) is 4. The standard InChI is InChI=1S/C15H22N4O3S/c1-10-16-17-15(19(10)12-3-4-12)23-9-13(20)18-7-5-11(6-8-18)14(21)22-2/h11-12H,3-9H2,1-2H3. The molecule has 7 nitrogen and oxygen atoms in total. The topological polar surface area (TPSA) is 77.3 Å². The molecular formula is C15H22N4O3S. The number of piperidine rings is 1. The van der Waals surface area contributed by atoms with Crippen LogP contribution in [-0.2, 0) is 14.3 Å². The normalized spacial score (nSPS) is 19.0. The number of esters is 1. The second kappa shape index (κ2) is 6.90. The Bertz CT molecular complexity index is 592. The third kappa shape index (κ3) is 3.68. The van der Waals surface area contributed by atoms with Gasteiger partial charge in [-0.05, 0) is 32.6 Å². The Morgan fingerprint density at radius 3 is 2.52 bits per heavy atom. The molecular weight excluding hydrogens is 316 g/mol. The molecule has 0 atom stereocenters. The van der Waals surface area contributed by atoms with Gasteiger partial charge in [-0.15, -0.1) is 10.2 Å². The minimum atomic E-state index is -0.167. The number of hydrogen-bond acceptors (Lipinski definition) is 6. The molecule has 0 radical (unpaired) electrons. The van der Waals surface area contributed by atoms with Crippen LogP contribution in [0.3, 0.4) is 0 Å². The van der Waals surface area contributed by atoms with Gasteiger partial charge in [0.15, 0.2) is 5.16 Å². The van der Waals surface area contributed by atoms with Gasteiger partial charge >= 0.3 is 5.97 Å². The van der Waals surface area contributed by atoms with Crippen molar-refractivity contribution in [3.05, 3.63) is 5.82 Å². The number of amides is 1. The smallest absolute Gasteiger partial charge is 0.308 e. The molecule has 1 aliphatic heterocycles. The first-order valence-electron chi connectivity index (χ1n) is 8.00. The fourth-order valence-electron chi connectivity index (χ4n) is 2.95. The lowest BCUT2D eigenvalue weighted by Gasteiger charge is -2.30. The molecule has 1 saturated heterocycles. The van der Waals surface area contributed by atoms with Gasteiger partial charge < -0.3 is 14.2 Å². The summed E-state index contributed by atoms with van der Waals surface area (Å²) in [4.78, 5) is 25.7. The second-order valence-corrected chi connectivity index (χ2v) is 7.04. The Labute approximate surface area is 139 Å². The van der Waals surface area contributed by atoms with Crippen molar-refractivity contribution < 1.29 is 14.3 Å². The number of methoxy groups -OCH3 is 1. The zero-order chi connectivity index (χ0) is 16.4. The van der Waals surface area contributed by atoms with Crippen LogP contribution < -0.4 is 0 Å². The maximum absolute atomic E-state index is 12.4. The third-order valence-electron chi connectivity index (χ3n) is 4.45. The van der Waals surface area contributed by atoms with Crippen molar-refractivity contribution in [2.75, 3.05) is 26.0 Å². The van der Waals surface area contributed by atoms with Crippen LogP contribution in [0.1, 0.15) is 37.5 Å². The summed E-state index contributed by atoms with van der Waals surface area (Å²) in [7, 11) is 1.41. The number of carbonyl (C=O) groups excluding carboxylic acids is 2. The monoisotopic (exact) mass is 338 g/mol. The summed E-state index contributed by atoms with van der Waals surface area (Å²) in [5, 5.41) is 9.14. The summed E-state index contributed by atoms with van der Waals surface area (Å²) in [6, 6.07) is 0.512. The van der Waals surface area contributed by atoms with Gasteiger partial charge in [0.2, 0.25) is 5.91 Å². The Morgan fingerprint density at radius 2 is 1.91 bits per heavy atom. The van der Waals surface area contributed by atoms with E-state index in [1.54, 1.807) is 0 Å². The van der Waals surface area contributed by atoms with Crippen LogP contribution in [0.25, 0.3) is 0 Å². The van der Waals surface area contributed by atoms with Crippen molar-refractivity contribution in [2.45, 2.75) is 43.8 Å². The first kappa shape index (κ1) is 16.3. The number of carbonyl (C=O) groups is 2. The molecule has 23 heavy (non-hydrogen) atoms. The van der Waals surface area contributed by atoms with Crippen molar-refractivity contribution in [3.8, 4) is 0 Å². The molecule has 126 valence electrons. The summed E-state index contributed by atoms with van der Waals surface area (Å²) in [6.07, 6.45) is 3.70. The Balaban J connectivity index is 1.50. The summed E-state index contributed by atoms with van der Waals surface area (Å²) in [6.45, 7) is 3.19. The average molecular weight is 338 g/mol. The number of aryl methyl sites for hydroxylation is 1. The van der Waals surface area contributed by atoms with E-state index >= 15 is 0 Å². The fourth-order valence-corrected chi connectivity index (χ4v) is 3.90. The molecule has 0 unspecified atom stereocenters. The van der Waals surface area contributed by atoms with Crippen LogP contribution in [0.2, 0.25) is 0 Å². The molecule has 8 heteroatoms. The van der Waals surface area contributed by atoms with E-state index in [1.807, 2.05) is 11.8 Å². The van der Waals surface area contributed by atoms with E-state index < -0.39 is 0 Å². The molecule has 0 aromatic carbocycles. The predicted molar refractivity (Wildman–Crippen MR) is 85.1 cm³/mol. The number of thioether (sulfide) groups is 1. The van der Waals surface area contributed by atoms with E-state index in [0.29, 0.717) is 37.7 Å². The predicted octanol–water partition coefficient (Wildman–Crippen LogP) is 1.43. The van der Waals surface area contributed by atoms with Gasteiger partial charge in [-0.25, -0.2) is 0 Å². The van der Waals surface area contributed by atoms with Gasteiger partial charge in [0.05, 0.1) is 18.8 Å². The molecule has 1 aliphatic carbocycles. The van der Waals surface area contributed by atoms with Crippen molar-refractivity contribution in [1.29, 1.82) is 0 Å². The van der Waals surface area contributed by atoms with Gasteiger partial charge in [-0.1, -0.05) is 11.8 Å². The number of aromatic nitrogens is 3. The highest BCUT2D eigenvalue weighted by molar-refractivity contribution is 7.99. The zero-order valence-corrected chi connectivity index (χ0v) is 14.3. The molecule has 1 aromatic heterocycles. The van der Waals surface area contributed by atoms with E-state index in [4.69, 9.17) is 4.74 Å². The summed E-state index contributed by atoms with van der Waals surface area (Å²) in [5.41, 5.74) is 0. The molecule has 1 saturated carbocycles. The second-order valence-electron chi connectivity index (χ2n) is 6.10. The van der Waals surface area contributed by atoms with E-state index in [2.05, 4.69) is 14.8 Å². The van der Waals surface area contributed by atoms with Crippen molar-refractivity contribution in [1.82, 2.24) is 19.7 Å². The highest BCUT2D eigenvalue weighted by Crippen LogP contribution is 2.38. The highest BCUT2D eigenvalue weighted by Gasteiger charge is 2.30. The number of hydrogen-bond donors (Lipinski definition) is 0. The van der Waals surface area contributed by atoms with Crippen molar-refractivity contribution >= 4 is 23.6 Å². The maximum atomic E-state index is 12.4. The lowest BCUT2D eigenvalue weighted by atomic mass is 9.97.